The number of ether oxygens (including phenoxy) is 2. The van der Waals surface area contributed by atoms with Crippen molar-refractivity contribution in [3.05, 3.63) is 79.5 Å². The molecule has 0 saturated carbocycles. The molecular weight excluding hydrogens is 464 g/mol. The largest absolute Gasteiger partial charge is 0.493 e. The van der Waals surface area contributed by atoms with Gasteiger partial charge in [0.1, 0.15) is 5.56 Å². The van der Waals surface area contributed by atoms with Gasteiger partial charge in [-0.1, -0.05) is 24.6 Å². The zero-order chi connectivity index (χ0) is 24.0. The smallest absolute Gasteiger partial charge is 0.335 e. The second-order valence-electron chi connectivity index (χ2n) is 7.74. The number of carbonyl (C=O) groups excluding carboxylic acids is 1. The molecule has 3 aromatic rings. The highest BCUT2D eigenvalue weighted by atomic mass is 35.5. The van der Waals surface area contributed by atoms with Crippen LogP contribution in [-0.2, 0) is 4.79 Å². The van der Waals surface area contributed by atoms with Crippen molar-refractivity contribution in [1.82, 2.24) is 14.6 Å². The van der Waals surface area contributed by atoms with E-state index in [4.69, 9.17) is 21.1 Å². The Morgan fingerprint density at radius 1 is 1.18 bits per heavy atom. The number of nitrogens with zero attached hydrogens (tertiary/aromatic N) is 3. The first-order chi connectivity index (χ1) is 16.4. The van der Waals surface area contributed by atoms with Crippen LogP contribution < -0.4 is 20.7 Å². The van der Waals surface area contributed by atoms with Crippen molar-refractivity contribution in [2.24, 2.45) is 5.10 Å². The van der Waals surface area contributed by atoms with Gasteiger partial charge in [0.25, 0.3) is 5.56 Å². The van der Waals surface area contributed by atoms with E-state index in [0.717, 1.165) is 10.1 Å². The molecule has 34 heavy (non-hydrogen) atoms. The number of carbonyl (C=O) groups is 1. The fourth-order valence-corrected chi connectivity index (χ4v) is 4.17. The number of amides is 1. The third-order valence-corrected chi connectivity index (χ3v) is 5.96. The summed E-state index contributed by atoms with van der Waals surface area (Å²) in [6.45, 7) is 1.82. The third kappa shape index (κ3) is 3.61. The molecule has 10 nitrogen and oxygen atoms in total. The maximum absolute atomic E-state index is 12.8. The standard InChI is InChI=1S/C23H19ClN4O6/c1-2-19(29)28-16(12-3-8-17-18(9-12)34-11-33-17)10-15(26-28)20-21(30)25-23(32)27(22(20)31)14-6-4-13(24)5-7-14/h3-9,16,31H,2,10-11H2,1H3,(H,25,30,32)/t16-/m1/s1. The maximum atomic E-state index is 12.8. The molecular formula is C23H19ClN4O6. The molecule has 11 heteroatoms. The van der Waals surface area contributed by atoms with Crippen molar-refractivity contribution in [3.8, 4) is 23.1 Å². The number of nitrogens with one attached hydrogen (secondary N) is 1. The van der Waals surface area contributed by atoms with Crippen molar-refractivity contribution in [2.75, 3.05) is 6.79 Å². The van der Waals surface area contributed by atoms with E-state index in [2.05, 4.69) is 10.1 Å². The predicted octanol–water partition coefficient (Wildman–Crippen LogP) is 2.70. The summed E-state index contributed by atoms with van der Waals surface area (Å²) in [6, 6.07) is 10.9. The highest BCUT2D eigenvalue weighted by Gasteiger charge is 2.36. The van der Waals surface area contributed by atoms with E-state index in [9.17, 15) is 19.5 Å². The summed E-state index contributed by atoms with van der Waals surface area (Å²) in [6.07, 6.45) is 0.325. The van der Waals surface area contributed by atoms with Crippen molar-refractivity contribution >= 4 is 23.2 Å². The molecule has 0 saturated heterocycles. The molecule has 3 heterocycles. The van der Waals surface area contributed by atoms with Gasteiger partial charge in [-0.15, -0.1) is 0 Å². The molecule has 1 amide bonds. The maximum Gasteiger partial charge on any atom is 0.335 e. The predicted molar refractivity (Wildman–Crippen MR) is 123 cm³/mol. The monoisotopic (exact) mass is 482 g/mol. The van der Waals surface area contributed by atoms with Gasteiger partial charge < -0.3 is 14.6 Å². The molecule has 2 aliphatic rings. The lowest BCUT2D eigenvalue weighted by Crippen LogP contribution is -2.33. The molecule has 0 spiro atoms. The Balaban J connectivity index is 1.60. The van der Waals surface area contributed by atoms with Crippen molar-refractivity contribution in [1.29, 1.82) is 0 Å². The van der Waals surface area contributed by atoms with Crippen LogP contribution in [0.5, 0.6) is 17.4 Å². The van der Waals surface area contributed by atoms with Gasteiger partial charge in [-0.25, -0.2) is 14.4 Å². The number of aromatic nitrogens is 2. The average Bonchev–Trinajstić information content (AvgIpc) is 3.46. The lowest BCUT2D eigenvalue weighted by Gasteiger charge is -2.21. The SMILES string of the molecule is CCC(=O)N1N=C(c2c(O)n(-c3ccc(Cl)cc3)c(=O)[nH]c2=O)C[C@@H]1c1ccc2c(c1)OCO2. The van der Waals surface area contributed by atoms with Crippen LogP contribution in [0.15, 0.2) is 57.2 Å². The molecule has 0 aliphatic carbocycles. The summed E-state index contributed by atoms with van der Waals surface area (Å²) in [5.41, 5.74) is -0.608. The zero-order valence-corrected chi connectivity index (χ0v) is 18.7. The Kier molecular flexibility index (Phi) is 5.37. The second-order valence-corrected chi connectivity index (χ2v) is 8.18. The molecule has 2 aromatic carbocycles. The lowest BCUT2D eigenvalue weighted by atomic mass is 9.98. The minimum atomic E-state index is -0.819. The quantitative estimate of drug-likeness (QED) is 0.588. The van der Waals surface area contributed by atoms with Gasteiger partial charge in [0.2, 0.25) is 18.6 Å². The highest BCUT2D eigenvalue weighted by molar-refractivity contribution is 6.30. The van der Waals surface area contributed by atoms with E-state index in [-0.39, 0.29) is 36.8 Å². The van der Waals surface area contributed by atoms with Crippen LogP contribution in [0.4, 0.5) is 0 Å². The lowest BCUT2D eigenvalue weighted by molar-refractivity contribution is -0.132. The molecule has 174 valence electrons. The van der Waals surface area contributed by atoms with Gasteiger partial charge in [0.05, 0.1) is 17.4 Å². The zero-order valence-electron chi connectivity index (χ0n) is 17.9. The van der Waals surface area contributed by atoms with Crippen molar-refractivity contribution in [2.45, 2.75) is 25.8 Å². The number of H-pyrrole nitrogens is 1. The molecule has 2 N–H and O–H groups in total. The summed E-state index contributed by atoms with van der Waals surface area (Å²) in [4.78, 5) is 40.2. The van der Waals surface area contributed by atoms with Gasteiger partial charge in [-0.05, 0) is 42.0 Å². The first-order valence-electron chi connectivity index (χ1n) is 10.5. The van der Waals surface area contributed by atoms with Crippen LogP contribution in [0, 0.1) is 0 Å². The molecule has 2 aliphatic heterocycles. The molecule has 1 atom stereocenters. The number of rotatable bonds is 4. The molecule has 0 unspecified atom stereocenters. The van der Waals surface area contributed by atoms with Crippen LogP contribution in [0.2, 0.25) is 5.02 Å². The van der Waals surface area contributed by atoms with Gasteiger partial charge in [0, 0.05) is 17.9 Å². The molecule has 0 radical (unpaired) electrons. The number of hydrogen-bond acceptors (Lipinski definition) is 7. The number of benzene rings is 2. The van der Waals surface area contributed by atoms with Gasteiger partial charge >= 0.3 is 5.69 Å². The van der Waals surface area contributed by atoms with E-state index in [1.807, 2.05) is 0 Å². The number of hydrazone groups is 1. The number of hydrogen-bond donors (Lipinski definition) is 2. The Labute approximate surface area is 197 Å². The second kappa shape index (κ2) is 8.38. The highest BCUT2D eigenvalue weighted by Crippen LogP contribution is 2.39. The molecule has 1 aromatic heterocycles. The summed E-state index contributed by atoms with van der Waals surface area (Å²) in [5.74, 6) is 0.303. The summed E-state index contributed by atoms with van der Waals surface area (Å²) in [5, 5.41) is 17.1. The van der Waals surface area contributed by atoms with E-state index in [1.54, 1.807) is 37.3 Å². The van der Waals surface area contributed by atoms with E-state index in [1.165, 1.54) is 17.1 Å². The molecule has 5 rings (SSSR count). The minimum absolute atomic E-state index is 0.109. The Morgan fingerprint density at radius 2 is 1.91 bits per heavy atom. The minimum Gasteiger partial charge on any atom is -0.493 e. The Bertz CT molecular complexity index is 1440. The molecule has 0 bridgehead atoms. The number of halogens is 1. The van der Waals surface area contributed by atoms with Gasteiger partial charge in [0.15, 0.2) is 11.5 Å². The normalized spacial score (nSPS) is 16.6. The van der Waals surface area contributed by atoms with E-state index < -0.39 is 23.2 Å². The van der Waals surface area contributed by atoms with Crippen molar-refractivity contribution in [3.63, 3.8) is 0 Å². The summed E-state index contributed by atoms with van der Waals surface area (Å²) < 4.78 is 11.8. The van der Waals surface area contributed by atoms with E-state index in [0.29, 0.717) is 22.2 Å². The molecule has 0 fully saturated rings. The topological polar surface area (TPSA) is 126 Å². The average molecular weight is 483 g/mol. The third-order valence-electron chi connectivity index (χ3n) is 5.71. The van der Waals surface area contributed by atoms with Crippen LogP contribution in [0.3, 0.4) is 0 Å². The Morgan fingerprint density at radius 3 is 2.65 bits per heavy atom. The fourth-order valence-electron chi connectivity index (χ4n) is 4.05. The van der Waals surface area contributed by atoms with Crippen LogP contribution in [-0.4, -0.2) is 38.1 Å². The number of aromatic amines is 1. The van der Waals surface area contributed by atoms with Crippen LogP contribution in [0.25, 0.3) is 5.69 Å². The summed E-state index contributed by atoms with van der Waals surface area (Å²) >= 11 is 5.93. The number of fused-ring (bicyclic) bond motifs is 1. The first kappa shape index (κ1) is 21.8. The van der Waals surface area contributed by atoms with Crippen LogP contribution in [0.1, 0.15) is 36.9 Å². The Hall–Kier alpha value is -4.05. The van der Waals surface area contributed by atoms with Crippen LogP contribution >= 0.6 is 11.6 Å². The van der Waals surface area contributed by atoms with Gasteiger partial charge in [-0.2, -0.15) is 5.10 Å². The first-order valence-corrected chi connectivity index (χ1v) is 10.9. The van der Waals surface area contributed by atoms with E-state index >= 15 is 0 Å². The fraction of sp³-hybridized carbons (Fsp3) is 0.217. The summed E-state index contributed by atoms with van der Waals surface area (Å²) in [7, 11) is 0. The van der Waals surface area contributed by atoms with Gasteiger partial charge in [-0.3, -0.25) is 14.6 Å². The number of aromatic hydroxyl groups is 1. The van der Waals surface area contributed by atoms with Crippen molar-refractivity contribution < 1.29 is 19.4 Å².